The first-order chi connectivity index (χ1) is 8.12. The summed E-state index contributed by atoms with van der Waals surface area (Å²) in [6, 6.07) is 0. The Morgan fingerprint density at radius 1 is 1.22 bits per heavy atom. The molecule has 0 aromatic carbocycles. The van der Waals surface area contributed by atoms with E-state index in [9.17, 15) is 15.3 Å². The summed E-state index contributed by atoms with van der Waals surface area (Å²) >= 11 is 0. The van der Waals surface area contributed by atoms with Gasteiger partial charge in [-0.1, -0.05) is 13.0 Å². The van der Waals surface area contributed by atoms with Gasteiger partial charge in [-0.15, -0.1) is 0 Å². The lowest BCUT2D eigenvalue weighted by atomic mass is 9.79. The Bertz CT molecular complexity index is 299. The van der Waals surface area contributed by atoms with E-state index in [-0.39, 0.29) is 5.92 Å². The fourth-order valence-corrected chi connectivity index (χ4v) is 2.48. The van der Waals surface area contributed by atoms with Gasteiger partial charge in [0, 0.05) is 0 Å². The van der Waals surface area contributed by atoms with E-state index in [2.05, 4.69) is 0 Å². The molecule has 3 unspecified atom stereocenters. The molecule has 0 fully saturated rings. The van der Waals surface area contributed by atoms with E-state index in [0.717, 1.165) is 24.8 Å². The van der Waals surface area contributed by atoms with Crippen molar-refractivity contribution in [1.82, 2.24) is 0 Å². The topological polar surface area (TPSA) is 60.7 Å². The van der Waals surface area contributed by atoms with Crippen LogP contribution < -0.4 is 0 Å². The Labute approximate surface area is 111 Å². The molecule has 106 valence electrons. The SMILES string of the molecule is CC1CCC(C(C)(O)CCCC(C)(C)O)=CC1O. The van der Waals surface area contributed by atoms with Gasteiger partial charge in [0.05, 0.1) is 17.3 Å². The summed E-state index contributed by atoms with van der Waals surface area (Å²) in [6.07, 6.45) is 5.24. The van der Waals surface area contributed by atoms with E-state index in [4.69, 9.17) is 0 Å². The average molecular weight is 256 g/mol. The molecule has 3 N–H and O–H groups in total. The fourth-order valence-electron chi connectivity index (χ4n) is 2.48. The fraction of sp³-hybridized carbons (Fsp3) is 0.867. The predicted octanol–water partition coefficient (Wildman–Crippen LogP) is 2.40. The highest BCUT2D eigenvalue weighted by molar-refractivity contribution is 5.20. The van der Waals surface area contributed by atoms with Gasteiger partial charge < -0.3 is 15.3 Å². The molecule has 1 rings (SSSR count). The lowest BCUT2D eigenvalue weighted by Gasteiger charge is -2.33. The van der Waals surface area contributed by atoms with Crippen LogP contribution in [0.2, 0.25) is 0 Å². The van der Waals surface area contributed by atoms with Crippen LogP contribution in [-0.4, -0.2) is 32.6 Å². The van der Waals surface area contributed by atoms with Crippen molar-refractivity contribution < 1.29 is 15.3 Å². The summed E-state index contributed by atoms with van der Waals surface area (Å²) in [7, 11) is 0. The zero-order chi connectivity index (χ0) is 14.0. The zero-order valence-corrected chi connectivity index (χ0v) is 12.1. The maximum Gasteiger partial charge on any atom is 0.0829 e. The summed E-state index contributed by atoms with van der Waals surface area (Å²) in [5.41, 5.74) is -0.582. The van der Waals surface area contributed by atoms with E-state index in [1.165, 1.54) is 0 Å². The Kier molecular flexibility index (Phi) is 4.98. The maximum absolute atomic E-state index is 10.5. The minimum atomic E-state index is -0.855. The van der Waals surface area contributed by atoms with Gasteiger partial charge in [0.2, 0.25) is 0 Å². The van der Waals surface area contributed by atoms with E-state index >= 15 is 0 Å². The van der Waals surface area contributed by atoms with Crippen LogP contribution in [-0.2, 0) is 0 Å². The standard InChI is InChI=1S/C15H28O3/c1-11-6-7-12(10-13(11)16)15(4,18)9-5-8-14(2,3)17/h10-11,13,16-18H,5-9H2,1-4H3. The van der Waals surface area contributed by atoms with Gasteiger partial charge in [0.15, 0.2) is 0 Å². The third-order valence-corrected chi connectivity index (χ3v) is 3.97. The summed E-state index contributed by atoms with van der Waals surface area (Å²) in [5.74, 6) is 0.279. The molecule has 3 nitrogen and oxygen atoms in total. The molecule has 1 aliphatic carbocycles. The molecule has 0 heterocycles. The Morgan fingerprint density at radius 3 is 2.33 bits per heavy atom. The van der Waals surface area contributed by atoms with Crippen molar-refractivity contribution >= 4 is 0 Å². The molecule has 18 heavy (non-hydrogen) atoms. The van der Waals surface area contributed by atoms with Crippen molar-refractivity contribution in [2.24, 2.45) is 5.92 Å². The molecule has 0 aromatic rings. The Hall–Kier alpha value is -0.380. The normalized spacial score (nSPS) is 28.7. The van der Waals surface area contributed by atoms with Crippen LogP contribution in [0.1, 0.15) is 59.8 Å². The number of aliphatic hydroxyl groups is 3. The molecular formula is C15H28O3. The van der Waals surface area contributed by atoms with Crippen LogP contribution >= 0.6 is 0 Å². The summed E-state index contributed by atoms with van der Waals surface area (Å²) in [5, 5.41) is 30.0. The van der Waals surface area contributed by atoms with E-state index in [1.807, 2.05) is 19.9 Å². The van der Waals surface area contributed by atoms with Gasteiger partial charge in [-0.2, -0.15) is 0 Å². The molecule has 0 saturated heterocycles. The monoisotopic (exact) mass is 256 g/mol. The smallest absolute Gasteiger partial charge is 0.0829 e. The van der Waals surface area contributed by atoms with Crippen molar-refractivity contribution in [3.05, 3.63) is 11.6 Å². The molecule has 0 amide bonds. The first-order valence-corrected chi connectivity index (χ1v) is 6.96. The van der Waals surface area contributed by atoms with Crippen LogP contribution in [0.5, 0.6) is 0 Å². The Morgan fingerprint density at radius 2 is 1.83 bits per heavy atom. The second-order valence-corrected chi connectivity index (χ2v) is 6.64. The first kappa shape index (κ1) is 15.7. The third kappa shape index (κ3) is 4.71. The lowest BCUT2D eigenvalue weighted by molar-refractivity contribution is 0.0432. The van der Waals surface area contributed by atoms with Gasteiger partial charge in [-0.25, -0.2) is 0 Å². The van der Waals surface area contributed by atoms with Crippen molar-refractivity contribution in [2.75, 3.05) is 0 Å². The second kappa shape index (κ2) is 5.72. The number of hydrogen-bond donors (Lipinski definition) is 3. The number of aliphatic hydroxyl groups excluding tert-OH is 1. The highest BCUT2D eigenvalue weighted by atomic mass is 16.3. The number of rotatable bonds is 5. The van der Waals surface area contributed by atoms with Crippen molar-refractivity contribution in [3.8, 4) is 0 Å². The summed E-state index contributed by atoms with van der Waals surface area (Å²) in [6.45, 7) is 7.41. The molecule has 0 aliphatic heterocycles. The largest absolute Gasteiger partial charge is 0.390 e. The summed E-state index contributed by atoms with van der Waals surface area (Å²) in [4.78, 5) is 0. The molecule has 1 aliphatic rings. The molecule has 0 bridgehead atoms. The van der Waals surface area contributed by atoms with Gasteiger partial charge in [-0.05, 0) is 64.4 Å². The van der Waals surface area contributed by atoms with E-state index in [1.54, 1.807) is 13.8 Å². The summed E-state index contributed by atoms with van der Waals surface area (Å²) < 4.78 is 0. The number of hydrogen-bond acceptors (Lipinski definition) is 3. The van der Waals surface area contributed by atoms with Gasteiger partial charge in [0.25, 0.3) is 0 Å². The van der Waals surface area contributed by atoms with Gasteiger partial charge >= 0.3 is 0 Å². The highest BCUT2D eigenvalue weighted by Crippen LogP contribution is 2.33. The van der Waals surface area contributed by atoms with E-state index < -0.39 is 17.3 Å². The van der Waals surface area contributed by atoms with Crippen LogP contribution in [0.4, 0.5) is 0 Å². The Balaban J connectivity index is 2.56. The molecular weight excluding hydrogens is 228 g/mol. The van der Waals surface area contributed by atoms with Crippen LogP contribution in [0.25, 0.3) is 0 Å². The minimum Gasteiger partial charge on any atom is -0.390 e. The van der Waals surface area contributed by atoms with E-state index in [0.29, 0.717) is 12.8 Å². The van der Waals surface area contributed by atoms with Gasteiger partial charge in [-0.3, -0.25) is 0 Å². The molecule has 0 aromatic heterocycles. The van der Waals surface area contributed by atoms with Crippen LogP contribution in [0, 0.1) is 5.92 Å². The van der Waals surface area contributed by atoms with Crippen molar-refractivity contribution in [1.29, 1.82) is 0 Å². The highest BCUT2D eigenvalue weighted by Gasteiger charge is 2.30. The quantitative estimate of drug-likeness (QED) is 0.662. The molecule has 0 saturated carbocycles. The molecule has 0 radical (unpaired) electrons. The molecule has 0 spiro atoms. The zero-order valence-electron chi connectivity index (χ0n) is 12.1. The lowest BCUT2D eigenvalue weighted by Crippen LogP contribution is -2.33. The first-order valence-electron chi connectivity index (χ1n) is 6.96. The van der Waals surface area contributed by atoms with Crippen LogP contribution in [0.3, 0.4) is 0 Å². The van der Waals surface area contributed by atoms with Gasteiger partial charge in [0.1, 0.15) is 0 Å². The molecule has 3 atom stereocenters. The van der Waals surface area contributed by atoms with Crippen molar-refractivity contribution in [3.63, 3.8) is 0 Å². The van der Waals surface area contributed by atoms with Crippen LogP contribution in [0.15, 0.2) is 11.6 Å². The predicted molar refractivity (Wildman–Crippen MR) is 73.3 cm³/mol. The minimum absolute atomic E-state index is 0.279. The maximum atomic E-state index is 10.5. The van der Waals surface area contributed by atoms with Crippen molar-refractivity contribution in [2.45, 2.75) is 77.1 Å². The molecule has 3 heteroatoms. The second-order valence-electron chi connectivity index (χ2n) is 6.64. The third-order valence-electron chi connectivity index (χ3n) is 3.97. The average Bonchev–Trinajstić information content (AvgIpc) is 2.19.